The number of H-pyrrole nitrogens is 2. The molecular formula is C23H22N4O4. The van der Waals surface area contributed by atoms with Crippen LogP contribution in [0.1, 0.15) is 18.1 Å². The first-order valence-electron chi connectivity index (χ1n) is 9.95. The van der Waals surface area contributed by atoms with Gasteiger partial charge in [-0.15, -0.1) is 0 Å². The van der Waals surface area contributed by atoms with Crippen LogP contribution in [-0.2, 0) is 6.42 Å². The summed E-state index contributed by atoms with van der Waals surface area (Å²) in [5, 5.41) is 11.7. The van der Waals surface area contributed by atoms with Crippen LogP contribution in [0, 0.1) is 0 Å². The Morgan fingerprint density at radius 3 is 2.68 bits per heavy atom. The zero-order chi connectivity index (χ0) is 21.8. The van der Waals surface area contributed by atoms with Gasteiger partial charge in [0.2, 0.25) is 5.88 Å². The van der Waals surface area contributed by atoms with Crippen molar-refractivity contribution < 1.29 is 9.84 Å². The molecule has 0 aliphatic carbocycles. The fraction of sp³-hybridized carbons (Fsp3) is 0.174. The molecule has 0 amide bonds. The molecule has 158 valence electrons. The van der Waals surface area contributed by atoms with Crippen LogP contribution < -0.4 is 16.0 Å². The minimum Gasteiger partial charge on any atom is -0.494 e. The second-order valence-corrected chi connectivity index (χ2v) is 6.90. The molecule has 3 N–H and O–H groups in total. The van der Waals surface area contributed by atoms with Crippen LogP contribution in [0.4, 0.5) is 0 Å². The average Bonchev–Trinajstić information content (AvgIpc) is 3.17. The topological polar surface area (TPSA) is 112 Å². The lowest BCUT2D eigenvalue weighted by Crippen LogP contribution is -2.31. The average molecular weight is 418 g/mol. The van der Waals surface area contributed by atoms with Crippen molar-refractivity contribution in [1.82, 2.24) is 14.5 Å². The van der Waals surface area contributed by atoms with Gasteiger partial charge in [-0.25, -0.2) is 9.36 Å². The molecule has 8 nitrogen and oxygen atoms in total. The Bertz CT molecular complexity index is 1350. The van der Waals surface area contributed by atoms with Gasteiger partial charge in [-0.3, -0.25) is 14.8 Å². The summed E-state index contributed by atoms with van der Waals surface area (Å²) in [6.07, 6.45) is 3.90. The van der Waals surface area contributed by atoms with E-state index in [1.807, 2.05) is 37.4 Å². The van der Waals surface area contributed by atoms with Crippen molar-refractivity contribution in [2.75, 3.05) is 13.2 Å². The predicted molar refractivity (Wildman–Crippen MR) is 120 cm³/mol. The number of nitrogens with one attached hydrogen (secondary N) is 2. The number of hydrogen-bond acceptors (Lipinski definition) is 5. The molecule has 8 heteroatoms. The largest absolute Gasteiger partial charge is 0.494 e. The number of fused-ring (bicyclic) bond motifs is 1. The maximum Gasteiger partial charge on any atom is 0.335 e. The van der Waals surface area contributed by atoms with Crippen LogP contribution in [-0.4, -0.2) is 39.0 Å². The third-order valence-electron chi connectivity index (χ3n) is 4.93. The van der Waals surface area contributed by atoms with Gasteiger partial charge in [0.25, 0.3) is 5.56 Å². The molecule has 4 rings (SSSR count). The van der Waals surface area contributed by atoms with Crippen LogP contribution in [0.25, 0.3) is 16.6 Å². The molecule has 4 aromatic rings. The molecule has 0 aliphatic heterocycles. The van der Waals surface area contributed by atoms with Crippen molar-refractivity contribution in [3.63, 3.8) is 0 Å². The van der Waals surface area contributed by atoms with Gasteiger partial charge in [-0.2, -0.15) is 0 Å². The van der Waals surface area contributed by atoms with E-state index >= 15 is 0 Å². The van der Waals surface area contributed by atoms with E-state index in [2.05, 4.69) is 15.0 Å². The van der Waals surface area contributed by atoms with Gasteiger partial charge in [0, 0.05) is 29.9 Å². The number of benzene rings is 2. The lowest BCUT2D eigenvalue weighted by Gasteiger charge is -2.10. The summed E-state index contributed by atoms with van der Waals surface area (Å²) in [5.74, 6) is 0.177. The molecule has 0 bridgehead atoms. The maximum absolute atomic E-state index is 12.3. The van der Waals surface area contributed by atoms with Crippen LogP contribution in [0.15, 0.2) is 69.3 Å². The monoisotopic (exact) mass is 418 g/mol. The number of aromatic amines is 2. The molecule has 2 aromatic heterocycles. The number of ether oxygens (including phenoxy) is 1. The first-order chi connectivity index (χ1) is 15.1. The number of nitrogens with zero attached hydrogens (tertiary/aromatic N) is 2. The molecule has 0 spiro atoms. The van der Waals surface area contributed by atoms with Gasteiger partial charge in [-0.05, 0) is 49.2 Å². The molecule has 0 saturated heterocycles. The first-order valence-corrected chi connectivity index (χ1v) is 9.95. The molecule has 0 unspecified atom stereocenters. The summed E-state index contributed by atoms with van der Waals surface area (Å²) in [6.45, 7) is 2.81. The number of rotatable bonds is 7. The number of hydrogen-bond donors (Lipinski definition) is 3. The Kier molecular flexibility index (Phi) is 5.70. The third kappa shape index (κ3) is 4.13. The maximum atomic E-state index is 12.3. The first kappa shape index (κ1) is 20.2. The molecule has 0 radical (unpaired) electrons. The lowest BCUT2D eigenvalue weighted by atomic mass is 10.1. The molecule has 31 heavy (non-hydrogen) atoms. The van der Waals surface area contributed by atoms with Crippen LogP contribution in [0.5, 0.6) is 11.6 Å². The number of aromatic nitrogens is 3. The summed E-state index contributed by atoms with van der Waals surface area (Å²) in [7, 11) is 0. The zero-order valence-corrected chi connectivity index (χ0v) is 17.0. The third-order valence-corrected chi connectivity index (χ3v) is 4.93. The van der Waals surface area contributed by atoms with E-state index in [9.17, 15) is 14.7 Å². The summed E-state index contributed by atoms with van der Waals surface area (Å²) in [6, 6.07) is 14.6. The van der Waals surface area contributed by atoms with Crippen molar-refractivity contribution in [3.8, 4) is 17.3 Å². The van der Waals surface area contributed by atoms with E-state index in [1.54, 1.807) is 24.3 Å². The molecule has 0 fully saturated rings. The highest BCUT2D eigenvalue weighted by Crippen LogP contribution is 2.20. The highest BCUT2D eigenvalue weighted by molar-refractivity contribution is 5.83. The van der Waals surface area contributed by atoms with E-state index in [0.717, 1.165) is 21.0 Å². The summed E-state index contributed by atoms with van der Waals surface area (Å²) < 4.78 is 6.42. The van der Waals surface area contributed by atoms with Gasteiger partial charge in [0.1, 0.15) is 11.3 Å². The van der Waals surface area contributed by atoms with Crippen molar-refractivity contribution in [1.29, 1.82) is 0 Å². The van der Waals surface area contributed by atoms with Gasteiger partial charge < -0.3 is 14.8 Å². The van der Waals surface area contributed by atoms with Gasteiger partial charge in [0.05, 0.1) is 12.3 Å². The van der Waals surface area contributed by atoms with Crippen LogP contribution in [0.3, 0.4) is 0 Å². The number of para-hydroxylation sites is 1. The SMILES string of the molecule is CCOc1ccc(-n2c(O)c(C=NCCc3c[nH]c4ccccc34)c(=O)[nH]c2=O)cc1. The molecule has 0 aliphatic rings. The quantitative estimate of drug-likeness (QED) is 0.401. The van der Waals surface area contributed by atoms with Crippen LogP contribution in [0.2, 0.25) is 0 Å². The minimum atomic E-state index is -0.734. The molecular weight excluding hydrogens is 396 g/mol. The van der Waals surface area contributed by atoms with Gasteiger partial charge in [0.15, 0.2) is 0 Å². The Balaban J connectivity index is 1.57. The smallest absolute Gasteiger partial charge is 0.335 e. The standard InChI is InChI=1S/C23H22N4O4/c1-2-31-17-9-7-16(8-10-17)27-22(29)19(21(28)26-23(27)30)14-24-12-11-15-13-25-20-6-4-3-5-18(15)20/h3-10,13-14,25,29H,2,11-12H2,1H3,(H,26,28,30). The molecule has 0 atom stereocenters. The summed E-state index contributed by atoms with van der Waals surface area (Å²) in [4.78, 5) is 34.3. The van der Waals surface area contributed by atoms with Crippen molar-refractivity contribution in [2.45, 2.75) is 13.3 Å². The minimum absolute atomic E-state index is 0.0765. The molecule has 0 saturated carbocycles. The Morgan fingerprint density at radius 2 is 1.90 bits per heavy atom. The summed E-state index contributed by atoms with van der Waals surface area (Å²) >= 11 is 0. The highest BCUT2D eigenvalue weighted by atomic mass is 16.5. The molecule has 2 aromatic carbocycles. The fourth-order valence-electron chi connectivity index (χ4n) is 3.43. The van der Waals surface area contributed by atoms with Crippen LogP contribution >= 0.6 is 0 Å². The van der Waals surface area contributed by atoms with E-state index in [-0.39, 0.29) is 5.56 Å². The predicted octanol–water partition coefficient (Wildman–Crippen LogP) is 2.77. The Morgan fingerprint density at radius 1 is 1.13 bits per heavy atom. The lowest BCUT2D eigenvalue weighted by molar-refractivity contribution is 0.340. The van der Waals surface area contributed by atoms with Gasteiger partial charge in [-0.1, -0.05) is 18.2 Å². The highest BCUT2D eigenvalue weighted by Gasteiger charge is 2.14. The Hall–Kier alpha value is -4.07. The van der Waals surface area contributed by atoms with E-state index in [0.29, 0.717) is 31.0 Å². The van der Waals surface area contributed by atoms with E-state index < -0.39 is 17.1 Å². The normalized spacial score (nSPS) is 11.4. The van der Waals surface area contributed by atoms with E-state index in [1.165, 1.54) is 6.21 Å². The fourth-order valence-corrected chi connectivity index (χ4v) is 3.43. The zero-order valence-electron chi connectivity index (χ0n) is 17.0. The Labute approximate surface area is 177 Å². The second-order valence-electron chi connectivity index (χ2n) is 6.90. The van der Waals surface area contributed by atoms with Crippen molar-refractivity contribution in [3.05, 3.63) is 86.7 Å². The second kappa shape index (κ2) is 8.74. The number of aliphatic imine (C=N–C) groups is 1. The van der Waals surface area contributed by atoms with Gasteiger partial charge >= 0.3 is 5.69 Å². The molecule has 2 heterocycles. The summed E-state index contributed by atoms with van der Waals surface area (Å²) in [5.41, 5.74) is 1.06. The number of aromatic hydroxyl groups is 1. The van der Waals surface area contributed by atoms with Crippen molar-refractivity contribution >= 4 is 17.1 Å². The van der Waals surface area contributed by atoms with E-state index in [4.69, 9.17) is 4.74 Å². The van der Waals surface area contributed by atoms with Crippen molar-refractivity contribution in [2.24, 2.45) is 4.99 Å².